The minimum atomic E-state index is -4.72. The van der Waals surface area contributed by atoms with Crippen molar-refractivity contribution >= 4 is 17.7 Å². The van der Waals surface area contributed by atoms with Gasteiger partial charge in [0.05, 0.1) is 0 Å². The summed E-state index contributed by atoms with van der Waals surface area (Å²) >= 11 is 1.61. The van der Waals surface area contributed by atoms with Gasteiger partial charge in [-0.25, -0.2) is 0 Å². The molecule has 6 heteroatoms. The van der Waals surface area contributed by atoms with Gasteiger partial charge in [-0.1, -0.05) is 6.92 Å². The average Bonchev–Trinajstić information content (AvgIpc) is 2.50. The molecule has 1 unspecified atom stereocenters. The molecule has 0 radical (unpaired) electrons. The zero-order valence-corrected chi connectivity index (χ0v) is 8.62. The molecule has 1 aliphatic heterocycles. The summed E-state index contributed by atoms with van der Waals surface area (Å²) < 4.78 is 36.0. The van der Waals surface area contributed by atoms with Crippen molar-refractivity contribution in [1.82, 2.24) is 4.90 Å². The van der Waals surface area contributed by atoms with E-state index in [-0.39, 0.29) is 18.3 Å². The molecule has 0 spiro atoms. The fraction of sp³-hybridized carbons (Fsp3) is 0.875. The van der Waals surface area contributed by atoms with Crippen molar-refractivity contribution in [2.75, 3.05) is 18.8 Å². The zero-order chi connectivity index (χ0) is 10.8. The maximum atomic E-state index is 12.0. The summed E-state index contributed by atoms with van der Waals surface area (Å²) in [6.07, 6.45) is -4.05. The largest absolute Gasteiger partial charge is 0.471 e. The van der Waals surface area contributed by atoms with Gasteiger partial charge in [0.25, 0.3) is 0 Å². The van der Waals surface area contributed by atoms with Gasteiger partial charge in [-0.3, -0.25) is 4.79 Å². The van der Waals surface area contributed by atoms with Crippen LogP contribution in [0.3, 0.4) is 0 Å². The van der Waals surface area contributed by atoms with Crippen LogP contribution in [0.1, 0.15) is 13.3 Å². The number of alkyl halides is 3. The number of carbonyl (C=O) groups excluding carboxylic acids is 1. The number of thioether (sulfide) groups is 1. The van der Waals surface area contributed by atoms with Gasteiger partial charge in [0, 0.05) is 18.3 Å². The highest BCUT2D eigenvalue weighted by Crippen LogP contribution is 2.26. The third-order valence-electron chi connectivity index (χ3n) is 2.08. The second-order valence-electron chi connectivity index (χ2n) is 3.11. The van der Waals surface area contributed by atoms with Gasteiger partial charge in [-0.15, -0.1) is 0 Å². The highest BCUT2D eigenvalue weighted by molar-refractivity contribution is 7.99. The molecule has 1 rings (SSSR count). The molecule has 1 aliphatic rings. The van der Waals surface area contributed by atoms with Crippen LogP contribution in [-0.2, 0) is 4.79 Å². The molecule has 1 heterocycles. The average molecular weight is 227 g/mol. The van der Waals surface area contributed by atoms with Crippen LogP contribution in [0.2, 0.25) is 0 Å². The van der Waals surface area contributed by atoms with E-state index in [4.69, 9.17) is 0 Å². The second-order valence-corrected chi connectivity index (χ2v) is 4.69. The molecular formula is C8H12F3NOS. The molecule has 0 saturated carbocycles. The molecule has 0 aromatic carbocycles. The Morgan fingerprint density at radius 2 is 2.21 bits per heavy atom. The van der Waals surface area contributed by atoms with Gasteiger partial charge in [-0.2, -0.15) is 24.9 Å². The molecular weight excluding hydrogens is 215 g/mol. The molecule has 0 aliphatic carbocycles. The summed E-state index contributed by atoms with van der Waals surface area (Å²) in [5.41, 5.74) is 0. The van der Waals surface area contributed by atoms with E-state index in [2.05, 4.69) is 0 Å². The van der Waals surface area contributed by atoms with Crippen molar-refractivity contribution in [3.63, 3.8) is 0 Å². The quantitative estimate of drug-likeness (QED) is 0.718. The van der Waals surface area contributed by atoms with E-state index in [0.717, 1.165) is 10.7 Å². The lowest BCUT2D eigenvalue weighted by molar-refractivity contribution is -0.184. The molecule has 1 fully saturated rings. The molecule has 2 nitrogen and oxygen atoms in total. The van der Waals surface area contributed by atoms with E-state index in [9.17, 15) is 18.0 Å². The minimum absolute atomic E-state index is 0.172. The molecule has 0 aromatic rings. The monoisotopic (exact) mass is 227 g/mol. The summed E-state index contributed by atoms with van der Waals surface area (Å²) in [5.74, 6) is -0.824. The number of likely N-dealkylation sites (tertiary alicyclic amines) is 1. The van der Waals surface area contributed by atoms with Crippen molar-refractivity contribution in [3.05, 3.63) is 0 Å². The van der Waals surface area contributed by atoms with Crippen LogP contribution < -0.4 is 0 Å². The maximum Gasteiger partial charge on any atom is 0.471 e. The topological polar surface area (TPSA) is 20.3 Å². The first-order valence-corrected chi connectivity index (χ1v) is 5.47. The van der Waals surface area contributed by atoms with Crippen molar-refractivity contribution in [2.24, 2.45) is 0 Å². The summed E-state index contributed by atoms with van der Waals surface area (Å²) in [6.45, 7) is 2.42. The standard InChI is InChI=1S/C8H12F3NOS/c1-2-14-6-3-4-12(5-6)7(13)8(9,10)11/h6H,2-5H2,1H3. The van der Waals surface area contributed by atoms with E-state index in [0.29, 0.717) is 6.42 Å². The minimum Gasteiger partial charge on any atom is -0.334 e. The van der Waals surface area contributed by atoms with Gasteiger partial charge < -0.3 is 4.90 Å². The molecule has 82 valence electrons. The second kappa shape index (κ2) is 4.42. The summed E-state index contributed by atoms with van der Waals surface area (Å²) in [7, 11) is 0. The third-order valence-corrected chi connectivity index (χ3v) is 3.27. The number of halogens is 3. The van der Waals surface area contributed by atoms with Gasteiger partial charge in [0.2, 0.25) is 0 Å². The predicted molar refractivity (Wildman–Crippen MR) is 49.2 cm³/mol. The van der Waals surface area contributed by atoms with Gasteiger partial charge in [0.15, 0.2) is 0 Å². The zero-order valence-electron chi connectivity index (χ0n) is 7.80. The first-order chi connectivity index (χ1) is 6.45. The van der Waals surface area contributed by atoms with E-state index in [1.54, 1.807) is 11.8 Å². The summed E-state index contributed by atoms with van der Waals surface area (Å²) in [5, 5.41) is 0.172. The van der Waals surface area contributed by atoms with Crippen LogP contribution in [0.4, 0.5) is 13.2 Å². The number of hydrogen-bond donors (Lipinski definition) is 0. The number of rotatable bonds is 2. The SMILES string of the molecule is CCSC1CCN(C(=O)C(F)(F)F)C1. The van der Waals surface area contributed by atoms with E-state index in [1.165, 1.54) is 0 Å². The fourth-order valence-electron chi connectivity index (χ4n) is 1.46. The van der Waals surface area contributed by atoms with Crippen molar-refractivity contribution in [2.45, 2.75) is 24.8 Å². The lowest BCUT2D eigenvalue weighted by Gasteiger charge is -2.17. The van der Waals surface area contributed by atoms with Crippen LogP contribution in [0, 0.1) is 0 Å². The first kappa shape index (κ1) is 11.7. The number of hydrogen-bond acceptors (Lipinski definition) is 2. The molecule has 0 bridgehead atoms. The lowest BCUT2D eigenvalue weighted by Crippen LogP contribution is -2.39. The van der Waals surface area contributed by atoms with Crippen LogP contribution >= 0.6 is 11.8 Å². The van der Waals surface area contributed by atoms with Gasteiger partial charge >= 0.3 is 12.1 Å². The Balaban J connectivity index is 2.46. The molecule has 14 heavy (non-hydrogen) atoms. The Hall–Kier alpha value is -0.390. The summed E-state index contributed by atoms with van der Waals surface area (Å²) in [4.78, 5) is 11.7. The normalized spacial score (nSPS) is 22.9. The van der Waals surface area contributed by atoms with Crippen LogP contribution in [0.25, 0.3) is 0 Å². The van der Waals surface area contributed by atoms with Crippen molar-refractivity contribution < 1.29 is 18.0 Å². The molecule has 1 saturated heterocycles. The van der Waals surface area contributed by atoms with Gasteiger partial charge in [0.1, 0.15) is 0 Å². The van der Waals surface area contributed by atoms with E-state index in [1.807, 2.05) is 6.92 Å². The third kappa shape index (κ3) is 2.80. The van der Waals surface area contributed by atoms with Crippen LogP contribution in [-0.4, -0.2) is 41.1 Å². The van der Waals surface area contributed by atoms with Gasteiger partial charge in [-0.05, 0) is 12.2 Å². The number of amides is 1. The summed E-state index contributed by atoms with van der Waals surface area (Å²) in [6, 6.07) is 0. The molecule has 1 amide bonds. The Morgan fingerprint density at radius 3 is 2.71 bits per heavy atom. The Labute approximate surface area is 84.8 Å². The number of nitrogens with zero attached hydrogens (tertiary/aromatic N) is 1. The molecule has 0 N–H and O–H groups in total. The smallest absolute Gasteiger partial charge is 0.334 e. The van der Waals surface area contributed by atoms with Crippen LogP contribution in [0.15, 0.2) is 0 Å². The van der Waals surface area contributed by atoms with Crippen LogP contribution in [0.5, 0.6) is 0 Å². The predicted octanol–water partition coefficient (Wildman–Crippen LogP) is 1.90. The molecule has 0 aromatic heterocycles. The van der Waals surface area contributed by atoms with E-state index < -0.39 is 12.1 Å². The maximum absolute atomic E-state index is 12.0. The van der Waals surface area contributed by atoms with Crippen molar-refractivity contribution in [3.8, 4) is 0 Å². The highest BCUT2D eigenvalue weighted by Gasteiger charge is 2.44. The fourth-order valence-corrected chi connectivity index (χ4v) is 2.49. The highest BCUT2D eigenvalue weighted by atomic mass is 32.2. The van der Waals surface area contributed by atoms with E-state index >= 15 is 0 Å². The number of carbonyl (C=O) groups is 1. The van der Waals surface area contributed by atoms with Crippen molar-refractivity contribution in [1.29, 1.82) is 0 Å². The Morgan fingerprint density at radius 1 is 1.57 bits per heavy atom. The lowest BCUT2D eigenvalue weighted by atomic mass is 10.4. The Kier molecular flexibility index (Phi) is 3.69. The Bertz CT molecular complexity index is 219. The first-order valence-electron chi connectivity index (χ1n) is 4.43. The molecule has 1 atom stereocenters.